The summed E-state index contributed by atoms with van der Waals surface area (Å²) < 4.78 is 42.6. The number of rotatable bonds is 6. The van der Waals surface area contributed by atoms with Gasteiger partial charge in [-0.1, -0.05) is 6.07 Å². The van der Waals surface area contributed by atoms with Gasteiger partial charge in [0.2, 0.25) is 5.88 Å². The first kappa shape index (κ1) is 18.6. The van der Waals surface area contributed by atoms with E-state index >= 15 is 0 Å². The summed E-state index contributed by atoms with van der Waals surface area (Å²) in [5.74, 6) is 0.512. The van der Waals surface area contributed by atoms with Crippen LogP contribution in [0.5, 0.6) is 5.88 Å². The summed E-state index contributed by atoms with van der Waals surface area (Å²) in [7, 11) is 3.49. The number of pyridine rings is 1. The largest absolute Gasteiger partial charge is 0.468 e. The molecule has 2 heterocycles. The quantitative estimate of drug-likeness (QED) is 0.608. The summed E-state index contributed by atoms with van der Waals surface area (Å²) in [5, 5.41) is 10.3. The number of guanidine groups is 1. The monoisotopic (exact) mass is 356 g/mol. The smallest absolute Gasteiger partial charge is 0.422 e. The molecule has 2 aromatic heterocycles. The molecule has 0 spiro atoms. The molecule has 136 valence electrons. The van der Waals surface area contributed by atoms with Crippen molar-refractivity contribution in [2.75, 3.05) is 13.7 Å². The lowest BCUT2D eigenvalue weighted by atomic mass is 10.3. The number of aromatic nitrogens is 3. The molecule has 7 nitrogen and oxygen atoms in total. The van der Waals surface area contributed by atoms with Crippen LogP contribution in [0.2, 0.25) is 0 Å². The number of hydrogen-bond donors (Lipinski definition) is 2. The van der Waals surface area contributed by atoms with Gasteiger partial charge in [0, 0.05) is 39.1 Å². The number of ether oxygens (including phenoxy) is 1. The molecule has 2 N–H and O–H groups in total. The minimum atomic E-state index is -4.38. The van der Waals surface area contributed by atoms with Gasteiger partial charge in [0.15, 0.2) is 12.6 Å². The molecule has 10 heteroatoms. The maximum atomic E-state index is 12.1. The van der Waals surface area contributed by atoms with Crippen molar-refractivity contribution >= 4 is 5.96 Å². The van der Waals surface area contributed by atoms with Gasteiger partial charge in [0.05, 0.1) is 12.2 Å². The molecular formula is C15H19F3N6O. The maximum absolute atomic E-state index is 12.1. The molecule has 2 rings (SSSR count). The molecule has 0 fully saturated rings. The average Bonchev–Trinajstić information content (AvgIpc) is 2.98. The van der Waals surface area contributed by atoms with Gasteiger partial charge in [0.25, 0.3) is 0 Å². The van der Waals surface area contributed by atoms with Crippen LogP contribution in [0, 0.1) is 0 Å². The molecular weight excluding hydrogens is 337 g/mol. The number of nitrogens with one attached hydrogen (secondary N) is 2. The highest BCUT2D eigenvalue weighted by Gasteiger charge is 2.28. The molecule has 0 aromatic carbocycles. The van der Waals surface area contributed by atoms with Crippen LogP contribution < -0.4 is 15.4 Å². The molecule has 0 saturated heterocycles. The van der Waals surface area contributed by atoms with Crippen molar-refractivity contribution < 1.29 is 17.9 Å². The third-order valence-electron chi connectivity index (χ3n) is 3.22. The lowest BCUT2D eigenvalue weighted by Crippen LogP contribution is -2.36. The fraction of sp³-hybridized carbons (Fsp3) is 0.400. The van der Waals surface area contributed by atoms with Crippen LogP contribution >= 0.6 is 0 Å². The molecule has 0 bridgehead atoms. The van der Waals surface area contributed by atoms with Gasteiger partial charge in [-0.15, -0.1) is 0 Å². The summed E-state index contributed by atoms with van der Waals surface area (Å²) in [6.07, 6.45) is -1.22. The molecule has 0 aliphatic carbocycles. The molecule has 0 unspecified atom stereocenters. The average molecular weight is 356 g/mol. The standard InChI is InChI=1S/C15H19F3N6O/c1-19-14(22-9-12-5-6-23-24(12)2)21-8-11-3-4-13(20-7-11)25-10-15(16,17)18/h3-7H,8-10H2,1-2H3,(H2,19,21,22). The second kappa shape index (κ2) is 8.36. The highest BCUT2D eigenvalue weighted by molar-refractivity contribution is 5.79. The molecule has 0 atom stereocenters. The third-order valence-corrected chi connectivity index (χ3v) is 3.22. The van der Waals surface area contributed by atoms with E-state index in [0.717, 1.165) is 11.3 Å². The zero-order chi connectivity index (χ0) is 18.3. The zero-order valence-corrected chi connectivity index (χ0v) is 13.8. The SMILES string of the molecule is CN=C(NCc1ccc(OCC(F)(F)F)nc1)NCc1ccnn1C. The van der Waals surface area contributed by atoms with Crippen molar-refractivity contribution in [3.63, 3.8) is 0 Å². The third kappa shape index (κ3) is 6.32. The molecule has 25 heavy (non-hydrogen) atoms. The number of nitrogens with zero attached hydrogens (tertiary/aromatic N) is 4. The van der Waals surface area contributed by atoms with E-state index in [0.29, 0.717) is 19.0 Å². The number of aliphatic imine (C=N–C) groups is 1. The Hall–Kier alpha value is -2.78. The molecule has 0 saturated carbocycles. The fourth-order valence-electron chi connectivity index (χ4n) is 1.91. The van der Waals surface area contributed by atoms with Crippen molar-refractivity contribution in [1.29, 1.82) is 0 Å². The molecule has 0 aliphatic heterocycles. The van der Waals surface area contributed by atoms with Crippen LogP contribution in [0.15, 0.2) is 35.6 Å². The Labute approximate surface area is 142 Å². The Bertz CT molecular complexity index is 696. The van der Waals surface area contributed by atoms with E-state index in [-0.39, 0.29) is 5.88 Å². The van der Waals surface area contributed by atoms with Gasteiger partial charge in [-0.05, 0) is 11.6 Å². The normalized spacial score (nSPS) is 12.1. The van der Waals surface area contributed by atoms with Crippen molar-refractivity contribution in [2.24, 2.45) is 12.0 Å². The Morgan fingerprint density at radius 2 is 2.00 bits per heavy atom. The van der Waals surface area contributed by atoms with Crippen molar-refractivity contribution in [2.45, 2.75) is 19.3 Å². The predicted octanol–water partition coefficient (Wildman–Crippen LogP) is 1.62. The van der Waals surface area contributed by atoms with Crippen LogP contribution in [0.4, 0.5) is 13.2 Å². The van der Waals surface area contributed by atoms with Crippen LogP contribution in [-0.4, -0.2) is 40.6 Å². The van der Waals surface area contributed by atoms with E-state index in [1.165, 1.54) is 12.3 Å². The van der Waals surface area contributed by atoms with E-state index in [2.05, 4.69) is 30.4 Å². The lowest BCUT2D eigenvalue weighted by Gasteiger charge is -2.12. The van der Waals surface area contributed by atoms with E-state index in [4.69, 9.17) is 0 Å². The van der Waals surface area contributed by atoms with E-state index in [1.54, 1.807) is 24.0 Å². The minimum Gasteiger partial charge on any atom is -0.468 e. The van der Waals surface area contributed by atoms with Crippen molar-refractivity contribution in [3.05, 3.63) is 41.9 Å². The molecule has 0 aliphatic rings. The summed E-state index contributed by atoms with van der Waals surface area (Å²) in [5.41, 5.74) is 1.78. The number of alkyl halides is 3. The number of halogens is 3. The Morgan fingerprint density at radius 3 is 2.56 bits per heavy atom. The van der Waals surface area contributed by atoms with Gasteiger partial charge < -0.3 is 15.4 Å². The van der Waals surface area contributed by atoms with Crippen LogP contribution in [0.3, 0.4) is 0 Å². The first-order valence-corrected chi connectivity index (χ1v) is 7.43. The van der Waals surface area contributed by atoms with Crippen LogP contribution in [0.1, 0.15) is 11.3 Å². The van der Waals surface area contributed by atoms with Gasteiger partial charge in [-0.3, -0.25) is 9.67 Å². The summed E-state index contributed by atoms with van der Waals surface area (Å²) in [6, 6.07) is 4.93. The summed E-state index contributed by atoms with van der Waals surface area (Å²) >= 11 is 0. The van der Waals surface area contributed by atoms with Gasteiger partial charge in [-0.25, -0.2) is 4.98 Å². The van der Waals surface area contributed by atoms with E-state index in [9.17, 15) is 13.2 Å². The van der Waals surface area contributed by atoms with Crippen LogP contribution in [0.25, 0.3) is 0 Å². The molecule has 0 amide bonds. The zero-order valence-electron chi connectivity index (χ0n) is 13.8. The summed E-state index contributed by atoms with van der Waals surface area (Å²) in [6.45, 7) is -0.390. The second-order valence-electron chi connectivity index (χ2n) is 5.13. The minimum absolute atomic E-state index is 0.0696. The van der Waals surface area contributed by atoms with Gasteiger partial charge in [0.1, 0.15) is 0 Å². The highest BCUT2D eigenvalue weighted by Crippen LogP contribution is 2.16. The van der Waals surface area contributed by atoms with Gasteiger partial charge >= 0.3 is 6.18 Å². The molecule has 0 radical (unpaired) electrons. The second-order valence-corrected chi connectivity index (χ2v) is 5.13. The first-order valence-electron chi connectivity index (χ1n) is 7.43. The van der Waals surface area contributed by atoms with Crippen molar-refractivity contribution in [1.82, 2.24) is 25.4 Å². The number of aryl methyl sites for hydroxylation is 1. The fourth-order valence-corrected chi connectivity index (χ4v) is 1.91. The molecule has 2 aromatic rings. The van der Waals surface area contributed by atoms with Gasteiger partial charge in [-0.2, -0.15) is 18.3 Å². The number of hydrogen-bond acceptors (Lipinski definition) is 4. The van der Waals surface area contributed by atoms with E-state index < -0.39 is 12.8 Å². The highest BCUT2D eigenvalue weighted by atomic mass is 19.4. The Morgan fingerprint density at radius 1 is 1.24 bits per heavy atom. The maximum Gasteiger partial charge on any atom is 0.422 e. The first-order chi connectivity index (χ1) is 11.9. The predicted molar refractivity (Wildman–Crippen MR) is 86.0 cm³/mol. The van der Waals surface area contributed by atoms with Crippen molar-refractivity contribution in [3.8, 4) is 5.88 Å². The van der Waals surface area contributed by atoms with E-state index in [1.807, 2.05) is 13.1 Å². The Balaban J connectivity index is 1.80. The van der Waals surface area contributed by atoms with Crippen LogP contribution in [-0.2, 0) is 20.1 Å². The lowest BCUT2D eigenvalue weighted by molar-refractivity contribution is -0.154. The topological polar surface area (TPSA) is 76.4 Å². The Kier molecular flexibility index (Phi) is 6.20. The summed E-state index contributed by atoms with van der Waals surface area (Å²) in [4.78, 5) is 7.95.